The van der Waals surface area contributed by atoms with Gasteiger partial charge in [0.2, 0.25) is 5.91 Å². The largest absolute Gasteiger partial charge is 0.476 e. The average Bonchev–Trinajstić information content (AvgIpc) is 2.88. The van der Waals surface area contributed by atoms with E-state index in [4.69, 9.17) is 5.11 Å². The molecule has 1 aromatic heterocycles. The molecule has 0 radical (unpaired) electrons. The van der Waals surface area contributed by atoms with Gasteiger partial charge in [-0.3, -0.25) is 4.79 Å². The van der Waals surface area contributed by atoms with Crippen molar-refractivity contribution >= 4 is 28.9 Å². The quantitative estimate of drug-likeness (QED) is 0.899. The number of rotatable bonds is 4. The number of anilines is 1. The number of aromatic carboxylic acids is 1. The van der Waals surface area contributed by atoms with Crippen molar-refractivity contribution in [2.45, 2.75) is 12.8 Å². The SMILES string of the molecule is CC(C(=O)Nc1ccccc1)c1nc(C(=O)O)cs1. The Morgan fingerprint density at radius 2 is 2.00 bits per heavy atom. The van der Waals surface area contributed by atoms with E-state index in [1.54, 1.807) is 19.1 Å². The Labute approximate surface area is 113 Å². The Hall–Kier alpha value is -2.21. The number of carbonyl (C=O) groups excluding carboxylic acids is 1. The number of hydrogen-bond donors (Lipinski definition) is 2. The number of aromatic nitrogens is 1. The third-order valence-corrected chi connectivity index (χ3v) is 3.57. The minimum atomic E-state index is -1.09. The lowest BCUT2D eigenvalue weighted by atomic mass is 10.1. The van der Waals surface area contributed by atoms with Crippen LogP contribution in [-0.4, -0.2) is 22.0 Å². The first-order valence-corrected chi connectivity index (χ1v) is 6.50. The summed E-state index contributed by atoms with van der Waals surface area (Å²) < 4.78 is 0. The maximum atomic E-state index is 12.0. The molecule has 98 valence electrons. The van der Waals surface area contributed by atoms with Crippen molar-refractivity contribution in [2.24, 2.45) is 0 Å². The highest BCUT2D eigenvalue weighted by Gasteiger charge is 2.20. The van der Waals surface area contributed by atoms with Gasteiger partial charge in [0.05, 0.1) is 5.92 Å². The maximum absolute atomic E-state index is 12.0. The van der Waals surface area contributed by atoms with Gasteiger partial charge in [-0.25, -0.2) is 9.78 Å². The summed E-state index contributed by atoms with van der Waals surface area (Å²) in [5, 5.41) is 13.5. The summed E-state index contributed by atoms with van der Waals surface area (Å²) in [5.41, 5.74) is 0.675. The van der Waals surface area contributed by atoms with Crippen molar-refractivity contribution in [1.29, 1.82) is 0 Å². The minimum absolute atomic E-state index is 0.0284. The highest BCUT2D eigenvalue weighted by atomic mass is 32.1. The average molecular weight is 276 g/mol. The second-order valence-electron chi connectivity index (χ2n) is 3.95. The zero-order valence-corrected chi connectivity index (χ0v) is 11.0. The van der Waals surface area contributed by atoms with Crippen molar-refractivity contribution in [3.05, 3.63) is 46.4 Å². The van der Waals surface area contributed by atoms with Crippen molar-refractivity contribution in [1.82, 2.24) is 4.98 Å². The van der Waals surface area contributed by atoms with Crippen LogP contribution in [0.25, 0.3) is 0 Å². The van der Waals surface area contributed by atoms with Gasteiger partial charge in [-0.2, -0.15) is 0 Å². The second kappa shape index (κ2) is 5.62. The van der Waals surface area contributed by atoms with E-state index in [2.05, 4.69) is 10.3 Å². The summed E-state index contributed by atoms with van der Waals surface area (Å²) in [6.07, 6.45) is 0. The molecular formula is C13H12N2O3S. The van der Waals surface area contributed by atoms with Crippen LogP contribution in [0.15, 0.2) is 35.7 Å². The molecule has 0 saturated heterocycles. The Morgan fingerprint density at radius 1 is 1.32 bits per heavy atom. The predicted octanol–water partition coefficient (Wildman–Crippen LogP) is 2.58. The number of para-hydroxylation sites is 1. The van der Waals surface area contributed by atoms with E-state index < -0.39 is 11.9 Å². The van der Waals surface area contributed by atoms with Crippen molar-refractivity contribution in [3.63, 3.8) is 0 Å². The van der Waals surface area contributed by atoms with Crippen LogP contribution in [0.1, 0.15) is 28.3 Å². The summed E-state index contributed by atoms with van der Waals surface area (Å²) in [6.45, 7) is 1.70. The van der Waals surface area contributed by atoms with E-state index in [0.717, 1.165) is 0 Å². The molecule has 2 aromatic rings. The zero-order chi connectivity index (χ0) is 13.8. The molecule has 1 aromatic carbocycles. The monoisotopic (exact) mass is 276 g/mol. The number of nitrogens with zero attached hydrogens (tertiary/aromatic N) is 1. The number of hydrogen-bond acceptors (Lipinski definition) is 4. The van der Waals surface area contributed by atoms with Crippen LogP contribution in [0.4, 0.5) is 5.69 Å². The molecule has 1 amide bonds. The molecule has 19 heavy (non-hydrogen) atoms. The molecule has 1 heterocycles. The fraction of sp³-hybridized carbons (Fsp3) is 0.154. The zero-order valence-electron chi connectivity index (χ0n) is 10.2. The fourth-order valence-corrected chi connectivity index (χ4v) is 2.32. The van der Waals surface area contributed by atoms with Crippen LogP contribution in [0.5, 0.6) is 0 Å². The van der Waals surface area contributed by atoms with E-state index in [1.165, 1.54) is 16.7 Å². The molecule has 6 heteroatoms. The molecule has 0 aliphatic rings. The summed E-state index contributed by atoms with van der Waals surface area (Å²) in [7, 11) is 0. The van der Waals surface area contributed by atoms with Gasteiger partial charge in [-0.05, 0) is 19.1 Å². The molecule has 0 spiro atoms. The van der Waals surface area contributed by atoms with Gasteiger partial charge in [0, 0.05) is 11.1 Å². The first-order valence-electron chi connectivity index (χ1n) is 5.62. The summed E-state index contributed by atoms with van der Waals surface area (Å²) in [5.74, 6) is -1.78. The Balaban J connectivity index is 2.08. The van der Waals surface area contributed by atoms with E-state index in [9.17, 15) is 9.59 Å². The Morgan fingerprint density at radius 3 is 2.58 bits per heavy atom. The topological polar surface area (TPSA) is 79.3 Å². The van der Waals surface area contributed by atoms with E-state index in [0.29, 0.717) is 10.7 Å². The molecule has 1 unspecified atom stereocenters. The lowest BCUT2D eigenvalue weighted by molar-refractivity contribution is -0.117. The van der Waals surface area contributed by atoms with E-state index in [-0.39, 0.29) is 11.6 Å². The number of benzene rings is 1. The number of carboxylic acid groups (broad SMARTS) is 1. The lowest BCUT2D eigenvalue weighted by Gasteiger charge is -2.09. The Kier molecular flexibility index (Phi) is 3.91. The molecule has 2 N–H and O–H groups in total. The van der Waals surface area contributed by atoms with E-state index in [1.807, 2.05) is 18.2 Å². The van der Waals surface area contributed by atoms with Crippen molar-refractivity contribution in [2.75, 3.05) is 5.32 Å². The third-order valence-electron chi connectivity index (χ3n) is 2.55. The smallest absolute Gasteiger partial charge is 0.355 e. The van der Waals surface area contributed by atoms with Crippen LogP contribution in [0.3, 0.4) is 0 Å². The first-order chi connectivity index (χ1) is 9.08. The van der Waals surface area contributed by atoms with Gasteiger partial charge in [0.1, 0.15) is 5.01 Å². The number of thiazole rings is 1. The highest BCUT2D eigenvalue weighted by Crippen LogP contribution is 2.21. The molecule has 0 saturated carbocycles. The summed E-state index contributed by atoms with van der Waals surface area (Å²) in [4.78, 5) is 26.7. The van der Waals surface area contributed by atoms with Crippen LogP contribution in [0.2, 0.25) is 0 Å². The molecule has 2 rings (SSSR count). The molecule has 5 nitrogen and oxygen atoms in total. The first kappa shape index (κ1) is 13.2. The van der Waals surface area contributed by atoms with Gasteiger partial charge in [0.15, 0.2) is 5.69 Å². The van der Waals surface area contributed by atoms with Gasteiger partial charge >= 0.3 is 5.97 Å². The standard InChI is InChI=1S/C13H12N2O3S/c1-8(12-15-10(7-19-12)13(17)18)11(16)14-9-5-3-2-4-6-9/h2-8H,1H3,(H,14,16)(H,17,18). The molecule has 0 fully saturated rings. The van der Waals surface area contributed by atoms with Crippen LogP contribution < -0.4 is 5.32 Å². The van der Waals surface area contributed by atoms with Crippen molar-refractivity contribution < 1.29 is 14.7 Å². The Bertz CT molecular complexity index is 595. The second-order valence-corrected chi connectivity index (χ2v) is 4.84. The molecule has 0 aliphatic carbocycles. The normalized spacial score (nSPS) is 11.8. The van der Waals surface area contributed by atoms with E-state index >= 15 is 0 Å². The summed E-state index contributed by atoms with van der Waals surface area (Å²) in [6, 6.07) is 9.09. The minimum Gasteiger partial charge on any atom is -0.476 e. The molecular weight excluding hydrogens is 264 g/mol. The third kappa shape index (κ3) is 3.17. The molecule has 0 aliphatic heterocycles. The molecule has 0 bridgehead atoms. The summed E-state index contributed by atoms with van der Waals surface area (Å²) >= 11 is 1.17. The van der Waals surface area contributed by atoms with Crippen LogP contribution in [-0.2, 0) is 4.79 Å². The van der Waals surface area contributed by atoms with Gasteiger partial charge < -0.3 is 10.4 Å². The van der Waals surface area contributed by atoms with Crippen LogP contribution in [0, 0.1) is 0 Å². The predicted molar refractivity (Wildman–Crippen MR) is 72.6 cm³/mol. The number of nitrogens with one attached hydrogen (secondary N) is 1. The highest BCUT2D eigenvalue weighted by molar-refractivity contribution is 7.10. The number of carboxylic acids is 1. The number of carbonyl (C=O) groups is 2. The van der Waals surface area contributed by atoms with Gasteiger partial charge in [0.25, 0.3) is 0 Å². The van der Waals surface area contributed by atoms with Crippen LogP contribution >= 0.6 is 11.3 Å². The lowest BCUT2D eigenvalue weighted by Crippen LogP contribution is -2.18. The van der Waals surface area contributed by atoms with Gasteiger partial charge in [-0.1, -0.05) is 18.2 Å². The fourth-order valence-electron chi connectivity index (χ4n) is 1.47. The van der Waals surface area contributed by atoms with Crippen molar-refractivity contribution in [3.8, 4) is 0 Å². The maximum Gasteiger partial charge on any atom is 0.355 e. The molecule has 1 atom stereocenters. The number of amides is 1. The van der Waals surface area contributed by atoms with Gasteiger partial charge in [-0.15, -0.1) is 11.3 Å².